The Bertz CT molecular complexity index is 1560. The Morgan fingerprint density at radius 3 is 1.20 bits per heavy atom. The molecule has 0 N–H and O–H groups in total. The molecule has 8 heteroatoms. The van der Waals surface area contributed by atoms with Crippen LogP contribution in [0.3, 0.4) is 0 Å². The summed E-state index contributed by atoms with van der Waals surface area (Å²) in [6.45, 7) is 0. The fourth-order valence-corrected chi connectivity index (χ4v) is 12.0. The number of non-ortho nitro benzene ring substituents is 2. The van der Waals surface area contributed by atoms with Crippen molar-refractivity contribution in [3.8, 4) is 23.0 Å². The molecule has 0 spiro atoms. The highest BCUT2D eigenvalue weighted by molar-refractivity contribution is 5.53. The standard InChI is InChI=1S/C38H40N2O6/c41-39(42)29-4-6-35(33(14-29)37-17-23-8-24(18-37)10-25(9-23)19-37)45-31-2-1-3-32(16-31)46-36-7-5-30(40(43)44)15-34(36)38-20-26-11-27(21-38)13-28(12-26)22-38/h1-7,14-16,23-28H,8-13,17-22H2. The van der Waals surface area contributed by atoms with Crippen LogP contribution in [0.5, 0.6) is 23.0 Å². The number of hydrogen-bond acceptors (Lipinski definition) is 6. The Labute approximate surface area is 268 Å². The molecule has 0 amide bonds. The number of hydrogen-bond donors (Lipinski definition) is 0. The molecule has 0 aliphatic heterocycles. The number of ether oxygens (including phenoxy) is 2. The van der Waals surface area contributed by atoms with Gasteiger partial charge in [-0.1, -0.05) is 6.07 Å². The Morgan fingerprint density at radius 1 is 0.522 bits per heavy atom. The molecule has 0 atom stereocenters. The number of nitro groups is 2. The van der Waals surface area contributed by atoms with Crippen molar-refractivity contribution in [2.45, 2.75) is 87.9 Å². The highest BCUT2D eigenvalue weighted by Gasteiger charge is 2.54. The highest BCUT2D eigenvalue weighted by Crippen LogP contribution is 2.64. The summed E-state index contributed by atoms with van der Waals surface area (Å²) in [4.78, 5) is 23.1. The second-order valence-electron chi connectivity index (χ2n) is 15.9. The first-order valence-corrected chi connectivity index (χ1v) is 17.3. The van der Waals surface area contributed by atoms with E-state index in [0.29, 0.717) is 58.5 Å². The van der Waals surface area contributed by atoms with Gasteiger partial charge in [0, 0.05) is 52.3 Å². The first-order chi connectivity index (χ1) is 22.2. The Morgan fingerprint density at radius 2 is 0.870 bits per heavy atom. The van der Waals surface area contributed by atoms with E-state index >= 15 is 0 Å². The third-order valence-corrected chi connectivity index (χ3v) is 12.8. The molecule has 3 aromatic carbocycles. The van der Waals surface area contributed by atoms with Crippen molar-refractivity contribution in [2.24, 2.45) is 35.5 Å². The molecule has 8 aliphatic carbocycles. The van der Waals surface area contributed by atoms with Crippen molar-refractivity contribution in [1.29, 1.82) is 0 Å². The molecule has 0 heterocycles. The van der Waals surface area contributed by atoms with E-state index in [0.717, 1.165) is 49.7 Å². The molecular formula is C38H40N2O6. The van der Waals surface area contributed by atoms with E-state index in [1.54, 1.807) is 36.4 Å². The van der Waals surface area contributed by atoms with Crippen LogP contribution >= 0.6 is 0 Å². The number of nitrogens with zero attached hydrogens (tertiary/aromatic N) is 2. The normalized spacial score (nSPS) is 34.9. The molecule has 8 nitrogen and oxygen atoms in total. The Balaban J connectivity index is 1.04. The summed E-state index contributed by atoms with van der Waals surface area (Å²) in [7, 11) is 0. The van der Waals surface area contributed by atoms with Crippen LogP contribution in [0.1, 0.15) is 88.2 Å². The van der Waals surface area contributed by atoms with E-state index in [1.807, 2.05) is 24.3 Å². The predicted molar refractivity (Wildman–Crippen MR) is 172 cm³/mol. The van der Waals surface area contributed by atoms with Crippen LogP contribution in [-0.4, -0.2) is 9.85 Å². The lowest BCUT2D eigenvalue weighted by Crippen LogP contribution is -2.48. The van der Waals surface area contributed by atoms with Crippen LogP contribution in [0, 0.1) is 55.7 Å². The molecule has 238 valence electrons. The van der Waals surface area contributed by atoms with E-state index in [1.165, 1.54) is 38.5 Å². The van der Waals surface area contributed by atoms with Crippen LogP contribution < -0.4 is 9.47 Å². The van der Waals surface area contributed by atoms with Crippen molar-refractivity contribution in [3.63, 3.8) is 0 Å². The molecule has 0 unspecified atom stereocenters. The average Bonchev–Trinajstić information content (AvgIpc) is 3.00. The second kappa shape index (κ2) is 10.3. The Kier molecular flexibility index (Phi) is 6.32. The topological polar surface area (TPSA) is 105 Å². The van der Waals surface area contributed by atoms with Crippen molar-refractivity contribution in [2.75, 3.05) is 0 Å². The molecule has 46 heavy (non-hydrogen) atoms. The molecule has 11 rings (SSSR count). The molecule has 3 aromatic rings. The Hall–Kier alpha value is -3.94. The van der Waals surface area contributed by atoms with Crippen molar-refractivity contribution in [1.82, 2.24) is 0 Å². The van der Waals surface area contributed by atoms with Crippen LogP contribution in [0.15, 0.2) is 60.7 Å². The van der Waals surface area contributed by atoms with Gasteiger partial charge in [-0.05, 0) is 137 Å². The second-order valence-corrected chi connectivity index (χ2v) is 15.9. The predicted octanol–water partition coefficient (Wildman–Crippen LogP) is 10.0. The molecule has 0 radical (unpaired) electrons. The molecule has 8 fully saturated rings. The lowest BCUT2D eigenvalue weighted by molar-refractivity contribution is -0.385. The molecule has 0 saturated heterocycles. The summed E-state index contributed by atoms with van der Waals surface area (Å²) in [5.41, 5.74) is 2.04. The lowest BCUT2D eigenvalue weighted by Gasteiger charge is -2.57. The van der Waals surface area contributed by atoms with Gasteiger partial charge < -0.3 is 9.47 Å². The first kappa shape index (κ1) is 28.3. The van der Waals surface area contributed by atoms with Crippen LogP contribution in [0.25, 0.3) is 0 Å². The maximum Gasteiger partial charge on any atom is 0.269 e. The van der Waals surface area contributed by atoms with Gasteiger partial charge in [0.05, 0.1) is 9.85 Å². The van der Waals surface area contributed by atoms with E-state index in [4.69, 9.17) is 9.47 Å². The summed E-state index contributed by atoms with van der Waals surface area (Å²) in [6, 6.07) is 17.8. The zero-order chi connectivity index (χ0) is 31.2. The van der Waals surface area contributed by atoms with E-state index in [-0.39, 0.29) is 32.1 Å². The van der Waals surface area contributed by atoms with Crippen LogP contribution in [0.2, 0.25) is 0 Å². The molecule has 0 aromatic heterocycles. The first-order valence-electron chi connectivity index (χ1n) is 17.3. The molecular weight excluding hydrogens is 580 g/mol. The van der Waals surface area contributed by atoms with Gasteiger partial charge in [0.2, 0.25) is 0 Å². The van der Waals surface area contributed by atoms with Gasteiger partial charge in [-0.15, -0.1) is 0 Å². The SMILES string of the molecule is O=[N+]([O-])c1ccc(Oc2cccc(Oc3ccc([N+](=O)[O-])cc3C34CC5CC(CC(C5)C3)C4)c2)c(C23CC4CC(CC(C4)C2)C3)c1. The fourth-order valence-electron chi connectivity index (χ4n) is 12.0. The molecule has 8 aliphatic rings. The molecule has 8 saturated carbocycles. The minimum absolute atomic E-state index is 0.0737. The van der Waals surface area contributed by atoms with E-state index in [2.05, 4.69) is 0 Å². The largest absolute Gasteiger partial charge is 0.457 e. The zero-order valence-electron chi connectivity index (χ0n) is 26.1. The maximum atomic E-state index is 11.9. The summed E-state index contributed by atoms with van der Waals surface area (Å²) < 4.78 is 13.2. The number of benzene rings is 3. The van der Waals surface area contributed by atoms with Gasteiger partial charge >= 0.3 is 0 Å². The number of nitro benzene ring substituents is 2. The minimum Gasteiger partial charge on any atom is -0.457 e. The van der Waals surface area contributed by atoms with E-state index in [9.17, 15) is 20.2 Å². The summed E-state index contributed by atoms with van der Waals surface area (Å²) >= 11 is 0. The number of rotatable bonds is 8. The van der Waals surface area contributed by atoms with Crippen molar-refractivity contribution >= 4 is 11.4 Å². The highest BCUT2D eigenvalue weighted by atomic mass is 16.6. The molecule has 8 bridgehead atoms. The third kappa shape index (κ3) is 4.70. The minimum atomic E-state index is -0.298. The van der Waals surface area contributed by atoms with Crippen LogP contribution in [-0.2, 0) is 10.8 Å². The van der Waals surface area contributed by atoms with Gasteiger partial charge in [-0.3, -0.25) is 20.2 Å². The summed E-state index contributed by atoms with van der Waals surface area (Å²) in [6.07, 6.45) is 14.2. The van der Waals surface area contributed by atoms with Gasteiger partial charge in [-0.2, -0.15) is 0 Å². The van der Waals surface area contributed by atoms with Crippen LogP contribution in [0.4, 0.5) is 11.4 Å². The van der Waals surface area contributed by atoms with E-state index < -0.39 is 0 Å². The average molecular weight is 621 g/mol. The monoisotopic (exact) mass is 620 g/mol. The smallest absolute Gasteiger partial charge is 0.269 e. The fraction of sp³-hybridized carbons (Fsp3) is 0.526. The van der Waals surface area contributed by atoms with Crippen molar-refractivity contribution < 1.29 is 19.3 Å². The van der Waals surface area contributed by atoms with Gasteiger partial charge in [0.15, 0.2) is 0 Å². The van der Waals surface area contributed by atoms with Crippen molar-refractivity contribution in [3.05, 3.63) is 92.0 Å². The van der Waals surface area contributed by atoms with Gasteiger partial charge in [0.1, 0.15) is 23.0 Å². The summed E-state index contributed by atoms with van der Waals surface area (Å²) in [5.74, 6) is 6.76. The van der Waals surface area contributed by atoms with Gasteiger partial charge in [0.25, 0.3) is 11.4 Å². The zero-order valence-corrected chi connectivity index (χ0v) is 26.1. The lowest BCUT2D eigenvalue weighted by atomic mass is 9.48. The quantitative estimate of drug-likeness (QED) is 0.183. The maximum absolute atomic E-state index is 11.9. The third-order valence-electron chi connectivity index (χ3n) is 12.8. The summed E-state index contributed by atoms with van der Waals surface area (Å²) in [5, 5.41) is 23.7. The van der Waals surface area contributed by atoms with Gasteiger partial charge in [-0.25, -0.2) is 0 Å².